The van der Waals surface area contributed by atoms with E-state index in [2.05, 4.69) is 25.4 Å². The number of esters is 1. The quantitative estimate of drug-likeness (QED) is 0.371. The van der Waals surface area contributed by atoms with Crippen molar-refractivity contribution >= 4 is 34.6 Å². The summed E-state index contributed by atoms with van der Waals surface area (Å²) in [6.07, 6.45) is 3.45. The van der Waals surface area contributed by atoms with Gasteiger partial charge in [0.25, 0.3) is 0 Å². The molecular weight excluding hydrogens is 406 g/mol. The third-order valence-corrected chi connectivity index (χ3v) is 4.79. The van der Waals surface area contributed by atoms with Gasteiger partial charge in [0, 0.05) is 18.8 Å². The first-order valence-electron chi connectivity index (χ1n) is 9.34. The van der Waals surface area contributed by atoms with E-state index >= 15 is 0 Å². The van der Waals surface area contributed by atoms with Crippen LogP contribution in [0, 0.1) is 0 Å². The predicted molar refractivity (Wildman–Crippen MR) is 113 cm³/mol. The lowest BCUT2D eigenvalue weighted by molar-refractivity contribution is 0.0593. The molecule has 0 saturated carbocycles. The first-order valence-corrected chi connectivity index (χ1v) is 9.72. The first kappa shape index (κ1) is 19.8. The van der Waals surface area contributed by atoms with Crippen LogP contribution in [0.1, 0.15) is 35.9 Å². The van der Waals surface area contributed by atoms with Crippen molar-refractivity contribution in [2.24, 2.45) is 0 Å². The Morgan fingerprint density at radius 2 is 2.03 bits per heavy atom. The second-order valence-corrected chi connectivity index (χ2v) is 7.22. The summed E-state index contributed by atoms with van der Waals surface area (Å²) in [4.78, 5) is 24.8. The molecule has 1 N–H and O–H groups in total. The van der Waals surface area contributed by atoms with Crippen LogP contribution in [0.2, 0.25) is 5.28 Å². The van der Waals surface area contributed by atoms with Crippen LogP contribution in [0.3, 0.4) is 0 Å². The highest BCUT2D eigenvalue weighted by atomic mass is 35.5. The lowest BCUT2D eigenvalue weighted by Crippen LogP contribution is -2.09. The van der Waals surface area contributed by atoms with E-state index in [1.54, 1.807) is 23.3 Å². The molecule has 0 saturated heterocycles. The van der Waals surface area contributed by atoms with E-state index in [4.69, 9.17) is 16.3 Å². The Morgan fingerprint density at radius 1 is 1.23 bits per heavy atom. The van der Waals surface area contributed by atoms with Gasteiger partial charge in [0.15, 0.2) is 22.7 Å². The largest absolute Gasteiger partial charge is 0.464 e. The number of rotatable bonds is 6. The van der Waals surface area contributed by atoms with Crippen molar-refractivity contribution < 1.29 is 9.53 Å². The normalized spacial score (nSPS) is 11.2. The number of aromatic nitrogens is 6. The third-order valence-electron chi connectivity index (χ3n) is 4.62. The van der Waals surface area contributed by atoms with E-state index in [0.29, 0.717) is 23.5 Å². The standard InChI is InChI=1S/C20H20ClN7O2/c1-12(2)27-11-23-16-17(24-20(21)25-18(16)27)22-10-13-6-4-5-7-15(13)28-9-8-14(26-28)19(29)30-3/h4-9,11-12H,10H2,1-3H3,(H,22,24,25). The number of carbonyl (C=O) groups is 1. The minimum Gasteiger partial charge on any atom is -0.464 e. The first-order chi connectivity index (χ1) is 14.5. The number of nitrogens with one attached hydrogen (secondary N) is 1. The van der Waals surface area contributed by atoms with Gasteiger partial charge in [-0.1, -0.05) is 18.2 Å². The molecule has 4 aromatic rings. The summed E-state index contributed by atoms with van der Waals surface area (Å²) < 4.78 is 8.31. The summed E-state index contributed by atoms with van der Waals surface area (Å²) in [6.45, 7) is 4.54. The fourth-order valence-electron chi connectivity index (χ4n) is 3.13. The molecule has 9 nitrogen and oxygen atoms in total. The zero-order chi connectivity index (χ0) is 21.3. The maximum absolute atomic E-state index is 11.7. The molecule has 0 amide bonds. The van der Waals surface area contributed by atoms with Crippen molar-refractivity contribution in [1.82, 2.24) is 29.3 Å². The van der Waals surface area contributed by atoms with Crippen molar-refractivity contribution in [2.75, 3.05) is 12.4 Å². The molecule has 0 unspecified atom stereocenters. The van der Waals surface area contributed by atoms with Gasteiger partial charge in [-0.15, -0.1) is 0 Å². The number of methoxy groups -OCH3 is 1. The molecule has 3 heterocycles. The SMILES string of the molecule is COC(=O)c1ccn(-c2ccccc2CNc2nc(Cl)nc3c2ncn3C(C)C)n1. The summed E-state index contributed by atoms with van der Waals surface area (Å²) in [5, 5.41) is 7.76. The molecule has 154 valence electrons. The Labute approximate surface area is 177 Å². The zero-order valence-corrected chi connectivity index (χ0v) is 17.5. The second-order valence-electron chi connectivity index (χ2n) is 6.88. The highest BCUT2D eigenvalue weighted by Crippen LogP contribution is 2.24. The number of imidazole rings is 1. The minimum atomic E-state index is -0.483. The molecule has 4 rings (SSSR count). The molecule has 0 fully saturated rings. The highest BCUT2D eigenvalue weighted by molar-refractivity contribution is 6.28. The van der Waals surface area contributed by atoms with Gasteiger partial charge in [-0.25, -0.2) is 14.5 Å². The summed E-state index contributed by atoms with van der Waals surface area (Å²) in [6, 6.07) is 9.53. The molecule has 0 aliphatic carbocycles. The van der Waals surface area contributed by atoms with E-state index in [1.807, 2.05) is 42.7 Å². The molecule has 1 aromatic carbocycles. The monoisotopic (exact) mass is 425 g/mol. The fourth-order valence-corrected chi connectivity index (χ4v) is 3.29. The van der Waals surface area contributed by atoms with Gasteiger partial charge >= 0.3 is 5.97 Å². The average molecular weight is 426 g/mol. The Hall–Kier alpha value is -3.46. The van der Waals surface area contributed by atoms with Crippen LogP contribution >= 0.6 is 11.6 Å². The van der Waals surface area contributed by atoms with Crippen LogP contribution < -0.4 is 5.32 Å². The van der Waals surface area contributed by atoms with Crippen molar-refractivity contribution in [3.63, 3.8) is 0 Å². The number of ether oxygens (including phenoxy) is 1. The van der Waals surface area contributed by atoms with Gasteiger partial charge in [-0.3, -0.25) is 0 Å². The highest BCUT2D eigenvalue weighted by Gasteiger charge is 2.15. The van der Waals surface area contributed by atoms with Gasteiger partial charge in [-0.2, -0.15) is 15.1 Å². The summed E-state index contributed by atoms with van der Waals surface area (Å²) >= 11 is 6.15. The number of carbonyl (C=O) groups excluding carboxylic acids is 1. The molecule has 30 heavy (non-hydrogen) atoms. The summed E-state index contributed by atoms with van der Waals surface area (Å²) in [5.41, 5.74) is 3.34. The molecule has 0 atom stereocenters. The molecular formula is C20H20ClN7O2. The van der Waals surface area contributed by atoms with Gasteiger partial charge in [0.2, 0.25) is 5.28 Å². The van der Waals surface area contributed by atoms with E-state index in [-0.39, 0.29) is 17.0 Å². The third kappa shape index (κ3) is 3.71. The van der Waals surface area contributed by atoms with Gasteiger partial charge in [0.1, 0.15) is 0 Å². The molecule has 0 radical (unpaired) electrons. The van der Waals surface area contributed by atoms with Crippen LogP contribution in [0.5, 0.6) is 0 Å². The Bertz CT molecular complexity index is 1220. The molecule has 0 aliphatic rings. The molecule has 0 bridgehead atoms. The number of nitrogens with zero attached hydrogens (tertiary/aromatic N) is 6. The molecule has 10 heteroatoms. The van der Waals surface area contributed by atoms with Gasteiger partial charge in [0.05, 0.1) is 19.1 Å². The number of benzene rings is 1. The Kier molecular flexibility index (Phi) is 5.37. The van der Waals surface area contributed by atoms with Crippen molar-refractivity contribution in [1.29, 1.82) is 0 Å². The summed E-state index contributed by atoms with van der Waals surface area (Å²) in [5.74, 6) is 0.0676. The predicted octanol–water partition coefficient (Wildman–Crippen LogP) is 3.65. The van der Waals surface area contributed by atoms with Crippen LogP contribution in [-0.2, 0) is 11.3 Å². The smallest absolute Gasteiger partial charge is 0.358 e. The van der Waals surface area contributed by atoms with Crippen molar-refractivity contribution in [3.8, 4) is 5.69 Å². The minimum absolute atomic E-state index is 0.149. The fraction of sp³-hybridized carbons (Fsp3) is 0.250. The lowest BCUT2D eigenvalue weighted by Gasteiger charge is -2.12. The van der Waals surface area contributed by atoms with Crippen LogP contribution in [0.4, 0.5) is 5.82 Å². The lowest BCUT2D eigenvalue weighted by atomic mass is 10.2. The van der Waals surface area contributed by atoms with Crippen molar-refractivity contribution in [2.45, 2.75) is 26.4 Å². The number of hydrogen-bond donors (Lipinski definition) is 1. The number of para-hydroxylation sites is 1. The maximum Gasteiger partial charge on any atom is 0.358 e. The van der Waals surface area contributed by atoms with Crippen molar-refractivity contribution in [3.05, 3.63) is 59.4 Å². The van der Waals surface area contributed by atoms with Crippen LogP contribution in [-0.4, -0.2) is 42.4 Å². The number of hydrogen-bond acceptors (Lipinski definition) is 7. The zero-order valence-electron chi connectivity index (χ0n) is 16.7. The van der Waals surface area contributed by atoms with Gasteiger partial charge < -0.3 is 14.6 Å². The summed E-state index contributed by atoms with van der Waals surface area (Å²) in [7, 11) is 1.33. The van der Waals surface area contributed by atoms with E-state index in [9.17, 15) is 4.79 Å². The Balaban J connectivity index is 1.64. The van der Waals surface area contributed by atoms with E-state index < -0.39 is 5.97 Å². The second kappa shape index (κ2) is 8.11. The molecule has 3 aromatic heterocycles. The van der Waals surface area contributed by atoms with E-state index in [0.717, 1.165) is 11.3 Å². The molecule has 0 aliphatic heterocycles. The van der Waals surface area contributed by atoms with Gasteiger partial charge in [-0.05, 0) is 43.1 Å². The average Bonchev–Trinajstić information content (AvgIpc) is 3.39. The number of anilines is 1. The Morgan fingerprint density at radius 3 is 2.80 bits per heavy atom. The van der Waals surface area contributed by atoms with E-state index in [1.165, 1.54) is 7.11 Å². The number of halogens is 1. The number of fused-ring (bicyclic) bond motifs is 1. The topological polar surface area (TPSA) is 99.7 Å². The van der Waals surface area contributed by atoms with Crippen LogP contribution in [0.25, 0.3) is 16.9 Å². The van der Waals surface area contributed by atoms with Crippen LogP contribution in [0.15, 0.2) is 42.9 Å². The maximum atomic E-state index is 11.7. The molecule has 0 spiro atoms.